The maximum absolute atomic E-state index is 11.4. The summed E-state index contributed by atoms with van der Waals surface area (Å²) in [6.07, 6.45) is 2.61. The lowest BCUT2D eigenvalue weighted by molar-refractivity contribution is -0.133. The Labute approximate surface area is 113 Å². The summed E-state index contributed by atoms with van der Waals surface area (Å²) in [4.78, 5) is 21.7. The summed E-state index contributed by atoms with van der Waals surface area (Å²) in [5, 5.41) is 8.43. The molecule has 0 unspecified atom stereocenters. The van der Waals surface area contributed by atoms with E-state index in [0.29, 0.717) is 0 Å². The fraction of sp³-hybridized carbons (Fsp3) is 0.286. The second-order valence-corrected chi connectivity index (χ2v) is 9.06. The van der Waals surface area contributed by atoms with Gasteiger partial charge in [0.05, 0.1) is 0 Å². The quantitative estimate of drug-likeness (QED) is 0.642. The van der Waals surface area contributed by atoms with E-state index in [9.17, 15) is 9.59 Å². The SMILES string of the molecule is C[Si](C)(CCc1ccccc1)OC(=O)/C=C\C(=O)O. The average Bonchev–Trinajstić information content (AvgIpc) is 2.35. The second-order valence-electron chi connectivity index (χ2n) is 4.84. The minimum Gasteiger partial charge on any atom is -0.517 e. The summed E-state index contributed by atoms with van der Waals surface area (Å²) in [6.45, 7) is 3.89. The van der Waals surface area contributed by atoms with Gasteiger partial charge in [0.2, 0.25) is 8.32 Å². The van der Waals surface area contributed by atoms with Gasteiger partial charge in [-0.1, -0.05) is 30.3 Å². The van der Waals surface area contributed by atoms with Crippen LogP contribution >= 0.6 is 0 Å². The molecule has 0 fully saturated rings. The maximum Gasteiger partial charge on any atom is 0.328 e. The highest BCUT2D eigenvalue weighted by Gasteiger charge is 2.25. The molecule has 1 N–H and O–H groups in total. The van der Waals surface area contributed by atoms with Crippen LogP contribution in [-0.4, -0.2) is 25.4 Å². The van der Waals surface area contributed by atoms with Gasteiger partial charge in [-0.15, -0.1) is 0 Å². The minimum absolute atomic E-state index is 0.577. The number of carboxylic acid groups (broad SMARTS) is 1. The average molecular weight is 278 g/mol. The predicted octanol–water partition coefficient (Wildman–Crippen LogP) is 2.62. The van der Waals surface area contributed by atoms with E-state index in [1.165, 1.54) is 5.56 Å². The zero-order chi connectivity index (χ0) is 14.3. The van der Waals surface area contributed by atoms with E-state index in [1.54, 1.807) is 0 Å². The largest absolute Gasteiger partial charge is 0.517 e. The molecule has 0 saturated carbocycles. The highest BCUT2D eigenvalue weighted by Crippen LogP contribution is 2.16. The van der Waals surface area contributed by atoms with Crippen LogP contribution in [0.1, 0.15) is 5.56 Å². The number of benzene rings is 1. The first-order valence-electron chi connectivity index (χ1n) is 6.07. The van der Waals surface area contributed by atoms with Crippen molar-refractivity contribution in [3.63, 3.8) is 0 Å². The van der Waals surface area contributed by atoms with E-state index in [2.05, 4.69) is 0 Å². The molecule has 1 rings (SSSR count). The molecular formula is C14H18O4Si. The summed E-state index contributed by atoms with van der Waals surface area (Å²) >= 11 is 0. The van der Waals surface area contributed by atoms with Crippen molar-refractivity contribution in [3.05, 3.63) is 48.0 Å². The van der Waals surface area contributed by atoms with Gasteiger partial charge < -0.3 is 9.53 Å². The Morgan fingerprint density at radius 1 is 1.21 bits per heavy atom. The number of hydrogen-bond acceptors (Lipinski definition) is 3. The van der Waals surface area contributed by atoms with E-state index in [-0.39, 0.29) is 0 Å². The number of carbonyl (C=O) groups excluding carboxylic acids is 1. The van der Waals surface area contributed by atoms with E-state index in [1.807, 2.05) is 43.4 Å². The summed E-state index contributed by atoms with van der Waals surface area (Å²) < 4.78 is 5.36. The second kappa shape index (κ2) is 6.89. The van der Waals surface area contributed by atoms with Gasteiger partial charge in [0.15, 0.2) is 0 Å². The van der Waals surface area contributed by atoms with Crippen LogP contribution in [0.4, 0.5) is 0 Å². The van der Waals surface area contributed by atoms with Crippen LogP contribution in [0.25, 0.3) is 0 Å². The third kappa shape index (κ3) is 6.57. The van der Waals surface area contributed by atoms with Crippen LogP contribution in [0.5, 0.6) is 0 Å². The first-order chi connectivity index (χ1) is 8.89. The molecule has 0 aliphatic carbocycles. The van der Waals surface area contributed by atoms with Gasteiger partial charge in [-0.25, -0.2) is 9.59 Å². The van der Waals surface area contributed by atoms with Crippen LogP contribution in [0.15, 0.2) is 42.5 Å². The Balaban J connectivity index is 2.47. The van der Waals surface area contributed by atoms with E-state index in [0.717, 1.165) is 24.6 Å². The van der Waals surface area contributed by atoms with Gasteiger partial charge in [0.25, 0.3) is 0 Å². The Kier molecular flexibility index (Phi) is 5.50. The molecule has 0 aromatic heterocycles. The normalized spacial score (nSPS) is 11.5. The van der Waals surface area contributed by atoms with Gasteiger partial charge in [-0.2, -0.15) is 0 Å². The summed E-state index contributed by atoms with van der Waals surface area (Å²) in [5.41, 5.74) is 1.21. The minimum atomic E-state index is -2.11. The fourth-order valence-electron chi connectivity index (χ4n) is 1.59. The summed E-state index contributed by atoms with van der Waals surface area (Å²) in [5.74, 6) is -1.73. The molecule has 0 saturated heterocycles. The molecule has 0 aliphatic rings. The van der Waals surface area contributed by atoms with Crippen molar-refractivity contribution in [2.45, 2.75) is 25.6 Å². The molecule has 0 atom stereocenters. The molecule has 0 radical (unpaired) electrons. The van der Waals surface area contributed by atoms with Gasteiger partial charge in [-0.3, -0.25) is 0 Å². The molecule has 102 valence electrons. The Hall–Kier alpha value is -1.88. The number of hydrogen-bond donors (Lipinski definition) is 1. The van der Waals surface area contributed by atoms with Crippen molar-refractivity contribution in [3.8, 4) is 0 Å². The lowest BCUT2D eigenvalue weighted by Crippen LogP contribution is -2.33. The molecule has 0 heterocycles. The highest BCUT2D eigenvalue weighted by molar-refractivity contribution is 6.72. The van der Waals surface area contributed by atoms with Gasteiger partial charge >= 0.3 is 11.9 Å². The Morgan fingerprint density at radius 2 is 1.84 bits per heavy atom. The number of carboxylic acids is 1. The summed E-state index contributed by atoms with van der Waals surface area (Å²) in [6, 6.07) is 10.8. The van der Waals surface area contributed by atoms with Gasteiger partial charge in [0.1, 0.15) is 0 Å². The maximum atomic E-state index is 11.4. The molecule has 1 aromatic rings. The molecule has 5 heteroatoms. The van der Waals surface area contributed by atoms with Crippen molar-refractivity contribution in [1.29, 1.82) is 0 Å². The number of aryl methyl sites for hydroxylation is 1. The van der Waals surface area contributed by atoms with Crippen molar-refractivity contribution in [1.82, 2.24) is 0 Å². The van der Waals surface area contributed by atoms with Crippen LogP contribution < -0.4 is 0 Å². The van der Waals surface area contributed by atoms with Crippen LogP contribution in [0, 0.1) is 0 Å². The third-order valence-electron chi connectivity index (χ3n) is 2.60. The molecule has 4 nitrogen and oxygen atoms in total. The standard InChI is InChI=1S/C14H18O4Si/c1-19(2,18-14(17)9-8-13(15)16)11-10-12-6-4-3-5-7-12/h3-9H,10-11H2,1-2H3,(H,15,16)/b9-8-. The lowest BCUT2D eigenvalue weighted by Gasteiger charge is -2.21. The van der Waals surface area contributed by atoms with Gasteiger partial charge in [-0.05, 0) is 31.1 Å². The molecule has 0 spiro atoms. The molecule has 1 aromatic carbocycles. The number of rotatable bonds is 6. The van der Waals surface area contributed by atoms with E-state index >= 15 is 0 Å². The molecule has 0 bridgehead atoms. The van der Waals surface area contributed by atoms with E-state index < -0.39 is 20.3 Å². The fourth-order valence-corrected chi connectivity index (χ4v) is 3.19. The number of aliphatic carboxylic acids is 1. The molecule has 0 aliphatic heterocycles. The van der Waals surface area contributed by atoms with E-state index in [4.69, 9.17) is 9.53 Å². The van der Waals surface area contributed by atoms with Crippen LogP contribution in [0.2, 0.25) is 19.1 Å². The van der Waals surface area contributed by atoms with Crippen molar-refractivity contribution >= 4 is 20.3 Å². The number of carbonyl (C=O) groups is 2. The summed E-state index contributed by atoms with van der Waals surface area (Å²) in [7, 11) is -2.11. The van der Waals surface area contributed by atoms with Crippen molar-refractivity contribution in [2.24, 2.45) is 0 Å². The monoisotopic (exact) mass is 278 g/mol. The van der Waals surface area contributed by atoms with Crippen molar-refractivity contribution < 1.29 is 19.1 Å². The molecule has 0 amide bonds. The molecular weight excluding hydrogens is 260 g/mol. The zero-order valence-electron chi connectivity index (χ0n) is 11.1. The third-order valence-corrected chi connectivity index (χ3v) is 4.81. The zero-order valence-corrected chi connectivity index (χ0v) is 12.1. The van der Waals surface area contributed by atoms with Crippen LogP contribution in [-0.2, 0) is 20.4 Å². The Bertz CT molecular complexity index is 466. The van der Waals surface area contributed by atoms with Crippen molar-refractivity contribution in [2.75, 3.05) is 0 Å². The topological polar surface area (TPSA) is 63.6 Å². The predicted molar refractivity (Wildman–Crippen MR) is 75.3 cm³/mol. The first-order valence-corrected chi connectivity index (χ1v) is 9.18. The highest BCUT2D eigenvalue weighted by atomic mass is 28.4. The lowest BCUT2D eigenvalue weighted by atomic mass is 10.2. The first kappa shape index (κ1) is 15.2. The van der Waals surface area contributed by atoms with Crippen LogP contribution in [0.3, 0.4) is 0 Å². The Morgan fingerprint density at radius 3 is 2.42 bits per heavy atom. The smallest absolute Gasteiger partial charge is 0.328 e. The van der Waals surface area contributed by atoms with Gasteiger partial charge in [0, 0.05) is 12.2 Å². The molecule has 19 heavy (non-hydrogen) atoms.